The Balaban J connectivity index is 1.68. The van der Waals surface area contributed by atoms with E-state index in [2.05, 4.69) is 0 Å². The van der Waals surface area contributed by atoms with Gasteiger partial charge >= 0.3 is 11.9 Å². The van der Waals surface area contributed by atoms with Crippen molar-refractivity contribution in [1.29, 1.82) is 0 Å². The topological polar surface area (TPSA) is 85.4 Å². The van der Waals surface area contributed by atoms with Crippen molar-refractivity contribution in [3.05, 3.63) is 126 Å². The first-order chi connectivity index (χ1) is 21.5. The van der Waals surface area contributed by atoms with Crippen LogP contribution in [0.5, 0.6) is 5.75 Å². The number of amides is 1. The molecule has 4 atom stereocenters. The number of para-hydroxylation sites is 2. The van der Waals surface area contributed by atoms with E-state index in [1.165, 1.54) is 7.11 Å². The number of carbonyl (C=O) groups is 3. The molecule has 2 aliphatic heterocycles. The summed E-state index contributed by atoms with van der Waals surface area (Å²) in [5.74, 6) is -2.14. The van der Waals surface area contributed by atoms with Crippen LogP contribution >= 0.6 is 0 Å². The molecule has 4 aromatic rings. The van der Waals surface area contributed by atoms with Gasteiger partial charge in [-0.2, -0.15) is 0 Å². The lowest BCUT2D eigenvalue weighted by Gasteiger charge is -2.37. The minimum atomic E-state index is -1.54. The molecular formula is C36H34N2O6. The smallest absolute Gasteiger partial charge is 0.329 e. The van der Waals surface area contributed by atoms with Crippen molar-refractivity contribution in [1.82, 2.24) is 0 Å². The van der Waals surface area contributed by atoms with Crippen LogP contribution in [0, 0.1) is 5.92 Å². The summed E-state index contributed by atoms with van der Waals surface area (Å²) in [6.07, 6.45) is 0. The lowest BCUT2D eigenvalue weighted by molar-refractivity contribution is -0.157. The standard InChI is InChI=1S/C36H34N2O6/c1-4-44-34(40)31-30(33(39)43-3)36(28-17-11-12-18-29(28)37(35(36)41)23-24-13-7-5-8-14-24)32(25-19-21-27(42-2)22-20-25)38(31)26-15-9-6-10-16-26/h5-22,30-32H,4,23H2,1-3H3/t30-,31-,32+,36+/m0/s1. The van der Waals surface area contributed by atoms with E-state index in [1.54, 1.807) is 18.9 Å². The SMILES string of the molecule is CCOC(=O)[C@@H]1[C@@H](C(=O)OC)[C@@]2(C(=O)N(Cc3ccccc3)c3ccccc32)[C@@H](c2ccc(OC)cc2)N1c1ccccc1. The number of ether oxygens (including phenoxy) is 3. The van der Waals surface area contributed by atoms with Crippen LogP contribution in [-0.4, -0.2) is 44.7 Å². The Kier molecular flexibility index (Phi) is 7.82. The Morgan fingerprint density at radius 2 is 1.43 bits per heavy atom. The Bertz CT molecular complexity index is 1660. The number of hydrogen-bond acceptors (Lipinski definition) is 7. The Morgan fingerprint density at radius 1 is 0.795 bits per heavy atom. The summed E-state index contributed by atoms with van der Waals surface area (Å²) in [6, 6.07) is 32.1. The van der Waals surface area contributed by atoms with Crippen molar-refractivity contribution < 1.29 is 28.6 Å². The van der Waals surface area contributed by atoms with Crippen LogP contribution in [0.2, 0.25) is 0 Å². The highest BCUT2D eigenvalue weighted by atomic mass is 16.5. The van der Waals surface area contributed by atoms with Crippen molar-refractivity contribution >= 4 is 29.2 Å². The number of hydrogen-bond donors (Lipinski definition) is 0. The summed E-state index contributed by atoms with van der Waals surface area (Å²) in [7, 11) is 2.88. The highest BCUT2D eigenvalue weighted by Crippen LogP contribution is 2.62. The summed E-state index contributed by atoms with van der Waals surface area (Å²) in [6.45, 7) is 2.12. The average molecular weight is 591 g/mol. The Morgan fingerprint density at radius 3 is 2.07 bits per heavy atom. The molecule has 44 heavy (non-hydrogen) atoms. The van der Waals surface area contributed by atoms with Crippen molar-refractivity contribution in [2.45, 2.75) is 31.0 Å². The van der Waals surface area contributed by atoms with Gasteiger partial charge in [0.05, 0.1) is 33.4 Å². The van der Waals surface area contributed by atoms with Crippen molar-refractivity contribution in [3.8, 4) is 5.75 Å². The number of nitrogens with zero attached hydrogens (tertiary/aromatic N) is 2. The van der Waals surface area contributed by atoms with Gasteiger partial charge in [-0.05, 0) is 53.9 Å². The number of fused-ring (bicyclic) bond motifs is 2. The molecule has 224 valence electrons. The van der Waals surface area contributed by atoms with Crippen LogP contribution < -0.4 is 14.5 Å². The molecule has 8 nitrogen and oxygen atoms in total. The highest BCUT2D eigenvalue weighted by Gasteiger charge is 2.73. The van der Waals surface area contributed by atoms with Crippen LogP contribution in [0.4, 0.5) is 11.4 Å². The minimum absolute atomic E-state index is 0.108. The van der Waals surface area contributed by atoms with E-state index in [9.17, 15) is 9.59 Å². The molecule has 1 spiro atoms. The normalized spacial score (nSPS) is 22.2. The fourth-order valence-electron chi connectivity index (χ4n) is 6.99. The van der Waals surface area contributed by atoms with Crippen molar-refractivity contribution in [2.75, 3.05) is 30.6 Å². The molecule has 4 aromatic carbocycles. The summed E-state index contributed by atoms with van der Waals surface area (Å²) in [5.41, 5.74) is 2.14. The van der Waals surface area contributed by atoms with E-state index in [-0.39, 0.29) is 19.1 Å². The van der Waals surface area contributed by atoms with Crippen LogP contribution in [-0.2, 0) is 35.8 Å². The van der Waals surface area contributed by atoms with E-state index in [0.717, 1.165) is 11.1 Å². The van der Waals surface area contributed by atoms with Crippen LogP contribution in [0.3, 0.4) is 0 Å². The first-order valence-corrected chi connectivity index (χ1v) is 14.6. The third-order valence-electron chi connectivity index (χ3n) is 8.71. The molecule has 6 rings (SSSR count). The number of methoxy groups -OCH3 is 2. The first-order valence-electron chi connectivity index (χ1n) is 14.6. The molecule has 0 N–H and O–H groups in total. The van der Waals surface area contributed by atoms with E-state index >= 15 is 4.79 Å². The van der Waals surface area contributed by atoms with E-state index < -0.39 is 35.4 Å². The minimum Gasteiger partial charge on any atom is -0.497 e. The monoisotopic (exact) mass is 590 g/mol. The van der Waals surface area contributed by atoms with Gasteiger partial charge in [-0.15, -0.1) is 0 Å². The Hall–Kier alpha value is -5.11. The second-order valence-electron chi connectivity index (χ2n) is 10.9. The van der Waals surface area contributed by atoms with Gasteiger partial charge in [0.15, 0.2) is 0 Å². The zero-order valence-corrected chi connectivity index (χ0v) is 24.9. The number of anilines is 2. The summed E-state index contributed by atoms with van der Waals surface area (Å²) in [5, 5.41) is 0. The first kappa shape index (κ1) is 29.0. The number of rotatable bonds is 8. The molecule has 0 saturated carbocycles. The van der Waals surface area contributed by atoms with Gasteiger partial charge in [-0.1, -0.05) is 78.9 Å². The molecule has 0 aliphatic carbocycles. The third kappa shape index (κ3) is 4.49. The van der Waals surface area contributed by atoms with Gasteiger partial charge in [-0.25, -0.2) is 4.79 Å². The molecule has 2 aliphatic rings. The van der Waals surface area contributed by atoms with Crippen molar-refractivity contribution in [2.24, 2.45) is 5.92 Å². The third-order valence-corrected chi connectivity index (χ3v) is 8.71. The second-order valence-corrected chi connectivity index (χ2v) is 10.9. The highest BCUT2D eigenvalue weighted by molar-refractivity contribution is 6.13. The van der Waals surface area contributed by atoms with Crippen LogP contribution in [0.1, 0.15) is 29.7 Å². The van der Waals surface area contributed by atoms with E-state index in [1.807, 2.05) is 114 Å². The fourth-order valence-corrected chi connectivity index (χ4v) is 6.99. The summed E-state index contributed by atoms with van der Waals surface area (Å²) < 4.78 is 16.5. The molecule has 0 aromatic heterocycles. The fraction of sp³-hybridized carbons (Fsp3) is 0.250. The Labute approximate surface area is 256 Å². The van der Waals surface area contributed by atoms with Crippen molar-refractivity contribution in [3.63, 3.8) is 0 Å². The summed E-state index contributed by atoms with van der Waals surface area (Å²) in [4.78, 5) is 47.1. The molecule has 1 amide bonds. The molecule has 0 radical (unpaired) electrons. The predicted molar refractivity (Wildman–Crippen MR) is 166 cm³/mol. The van der Waals surface area contributed by atoms with Crippen LogP contribution in [0.25, 0.3) is 0 Å². The second kappa shape index (κ2) is 11.9. The van der Waals surface area contributed by atoms with Gasteiger partial charge in [-0.3, -0.25) is 9.59 Å². The molecular weight excluding hydrogens is 556 g/mol. The lowest BCUT2D eigenvalue weighted by Crippen LogP contribution is -2.51. The van der Waals surface area contributed by atoms with E-state index in [4.69, 9.17) is 14.2 Å². The lowest BCUT2D eigenvalue weighted by atomic mass is 9.65. The van der Waals surface area contributed by atoms with Gasteiger partial charge in [0.2, 0.25) is 5.91 Å². The van der Waals surface area contributed by atoms with Crippen LogP contribution in [0.15, 0.2) is 109 Å². The van der Waals surface area contributed by atoms with Gasteiger partial charge in [0.1, 0.15) is 23.1 Å². The maximum Gasteiger partial charge on any atom is 0.329 e. The largest absolute Gasteiger partial charge is 0.497 e. The quantitative estimate of drug-likeness (QED) is 0.252. The molecule has 8 heteroatoms. The number of carbonyl (C=O) groups excluding carboxylic acids is 3. The molecule has 2 heterocycles. The number of esters is 2. The molecule has 0 bridgehead atoms. The maximum absolute atomic E-state index is 15.3. The van der Waals surface area contributed by atoms with Gasteiger partial charge in [0, 0.05) is 11.4 Å². The number of benzene rings is 4. The zero-order chi connectivity index (χ0) is 30.8. The molecule has 0 unspecified atom stereocenters. The molecule has 1 saturated heterocycles. The predicted octanol–water partition coefficient (Wildman–Crippen LogP) is 5.46. The van der Waals surface area contributed by atoms with Gasteiger partial charge in [0.25, 0.3) is 0 Å². The zero-order valence-electron chi connectivity index (χ0n) is 24.9. The summed E-state index contributed by atoms with van der Waals surface area (Å²) >= 11 is 0. The average Bonchev–Trinajstić information content (AvgIpc) is 3.52. The maximum atomic E-state index is 15.3. The van der Waals surface area contributed by atoms with Gasteiger partial charge < -0.3 is 24.0 Å². The van der Waals surface area contributed by atoms with E-state index in [0.29, 0.717) is 22.7 Å². The molecule has 1 fully saturated rings.